The molecule has 2 N–H and O–H groups in total. The molecule has 100 valence electrons. The van der Waals surface area contributed by atoms with Gasteiger partial charge in [0.05, 0.1) is 33.9 Å². The molecule has 1 aliphatic heterocycles. The van der Waals surface area contributed by atoms with Gasteiger partial charge in [0.15, 0.2) is 0 Å². The van der Waals surface area contributed by atoms with Gasteiger partial charge in [0, 0.05) is 0 Å². The molecule has 0 radical (unpaired) electrons. The second-order valence-corrected chi connectivity index (χ2v) is 5.25. The largest absolute Gasteiger partial charge is 0.397 e. The third-order valence-electron chi connectivity index (χ3n) is 2.98. The molecule has 1 aliphatic rings. The van der Waals surface area contributed by atoms with Crippen molar-refractivity contribution >= 4 is 29.3 Å². The molecule has 2 aromatic rings. The van der Waals surface area contributed by atoms with E-state index in [-0.39, 0.29) is 17.7 Å². The van der Waals surface area contributed by atoms with Gasteiger partial charge in [-0.3, -0.25) is 14.5 Å². The number of anilines is 1. The highest BCUT2D eigenvalue weighted by atomic mass is 32.2. The van der Waals surface area contributed by atoms with E-state index in [0.717, 1.165) is 5.03 Å². The van der Waals surface area contributed by atoms with E-state index in [4.69, 9.17) is 5.73 Å². The second kappa shape index (κ2) is 4.97. The van der Waals surface area contributed by atoms with Gasteiger partial charge >= 0.3 is 0 Å². The predicted molar refractivity (Wildman–Crippen MR) is 76.3 cm³/mol. The molecule has 0 aliphatic carbocycles. The van der Waals surface area contributed by atoms with Gasteiger partial charge in [-0.15, -0.1) is 0 Å². The minimum atomic E-state index is -0.256. The van der Waals surface area contributed by atoms with Gasteiger partial charge in [-0.05, 0) is 24.3 Å². The third-order valence-corrected chi connectivity index (χ3v) is 3.90. The first-order chi connectivity index (χ1) is 9.66. The van der Waals surface area contributed by atoms with Crippen LogP contribution in [0.15, 0.2) is 47.6 Å². The summed E-state index contributed by atoms with van der Waals surface area (Å²) in [5.74, 6) is -0.273. The first-order valence-electron chi connectivity index (χ1n) is 5.96. The van der Waals surface area contributed by atoms with E-state index >= 15 is 0 Å². The summed E-state index contributed by atoms with van der Waals surface area (Å²) in [7, 11) is 0. The maximum Gasteiger partial charge on any atom is 0.262 e. The van der Waals surface area contributed by atoms with E-state index in [1.165, 1.54) is 16.7 Å². The van der Waals surface area contributed by atoms with Crippen molar-refractivity contribution in [3.8, 4) is 0 Å². The Morgan fingerprint density at radius 3 is 2.25 bits per heavy atom. The van der Waals surface area contributed by atoms with Crippen LogP contribution >= 0.6 is 11.8 Å². The van der Waals surface area contributed by atoms with Crippen LogP contribution in [0, 0.1) is 0 Å². The molecule has 0 fully saturated rings. The molecule has 20 heavy (non-hydrogen) atoms. The summed E-state index contributed by atoms with van der Waals surface area (Å²) in [4.78, 5) is 29.6. The Balaban J connectivity index is 1.75. The van der Waals surface area contributed by atoms with E-state index in [0.29, 0.717) is 16.8 Å². The first kappa shape index (κ1) is 12.7. The normalized spacial score (nSPS) is 13.7. The topological polar surface area (TPSA) is 76.3 Å². The molecule has 0 spiro atoms. The van der Waals surface area contributed by atoms with E-state index in [1.54, 1.807) is 42.6 Å². The molecule has 1 aromatic carbocycles. The van der Waals surface area contributed by atoms with Crippen LogP contribution in [0.2, 0.25) is 0 Å². The molecule has 3 rings (SSSR count). The number of nitrogens with two attached hydrogens (primary N) is 1. The number of carbonyl (C=O) groups is 2. The smallest absolute Gasteiger partial charge is 0.262 e. The summed E-state index contributed by atoms with van der Waals surface area (Å²) in [5, 5.41) is 0.718. The van der Waals surface area contributed by atoms with Gasteiger partial charge in [-0.1, -0.05) is 23.9 Å². The van der Waals surface area contributed by atoms with Crippen molar-refractivity contribution in [1.82, 2.24) is 9.88 Å². The number of amides is 2. The van der Waals surface area contributed by atoms with E-state index in [1.807, 2.05) is 0 Å². The van der Waals surface area contributed by atoms with Crippen molar-refractivity contribution in [2.75, 3.05) is 11.6 Å². The van der Waals surface area contributed by atoms with Crippen LogP contribution in [0.4, 0.5) is 5.69 Å². The first-order valence-corrected chi connectivity index (χ1v) is 6.95. The van der Waals surface area contributed by atoms with Crippen molar-refractivity contribution < 1.29 is 9.59 Å². The number of fused-ring (bicyclic) bond motifs is 1. The monoisotopic (exact) mass is 285 g/mol. The van der Waals surface area contributed by atoms with E-state index in [2.05, 4.69) is 4.98 Å². The average Bonchev–Trinajstić information content (AvgIpc) is 2.71. The fourth-order valence-electron chi connectivity index (χ4n) is 1.96. The molecule has 6 heteroatoms. The molecule has 0 saturated heterocycles. The average molecular weight is 285 g/mol. The number of pyridine rings is 1. The third kappa shape index (κ3) is 2.14. The predicted octanol–water partition coefficient (Wildman–Crippen LogP) is 2.01. The zero-order valence-corrected chi connectivity index (χ0v) is 11.3. The van der Waals surface area contributed by atoms with E-state index < -0.39 is 0 Å². The Labute approximate surface area is 119 Å². The molecule has 2 amide bonds. The molecule has 1 aromatic heterocycles. The molecule has 2 heterocycles. The minimum Gasteiger partial charge on any atom is -0.397 e. The molecule has 0 unspecified atom stereocenters. The quantitative estimate of drug-likeness (QED) is 0.689. The lowest BCUT2D eigenvalue weighted by Crippen LogP contribution is -2.29. The van der Waals surface area contributed by atoms with Crippen molar-refractivity contribution in [2.24, 2.45) is 0 Å². The summed E-state index contributed by atoms with van der Waals surface area (Å²) in [6, 6.07) is 10.3. The number of rotatable bonds is 3. The fourth-order valence-corrected chi connectivity index (χ4v) is 2.75. The van der Waals surface area contributed by atoms with Crippen molar-refractivity contribution in [1.29, 1.82) is 0 Å². The Morgan fingerprint density at radius 1 is 1.05 bits per heavy atom. The number of imide groups is 1. The number of hydrogen-bond donors (Lipinski definition) is 1. The molecule has 0 saturated carbocycles. The molecule has 0 bridgehead atoms. The Bertz CT molecular complexity index is 650. The minimum absolute atomic E-state index is 0.239. The van der Waals surface area contributed by atoms with Crippen LogP contribution < -0.4 is 5.73 Å². The Morgan fingerprint density at radius 2 is 1.70 bits per heavy atom. The highest BCUT2D eigenvalue weighted by Gasteiger charge is 2.34. The number of aromatic nitrogens is 1. The van der Waals surface area contributed by atoms with Gasteiger partial charge in [0.1, 0.15) is 0 Å². The highest BCUT2D eigenvalue weighted by Crippen LogP contribution is 2.26. The fraction of sp³-hybridized carbons (Fsp3) is 0.0714. The van der Waals surface area contributed by atoms with Crippen LogP contribution in [-0.4, -0.2) is 27.6 Å². The number of nitrogen functional groups attached to an aromatic ring is 1. The second-order valence-electron chi connectivity index (χ2n) is 4.29. The summed E-state index contributed by atoms with van der Waals surface area (Å²) < 4.78 is 0. The molecule has 5 nitrogen and oxygen atoms in total. The summed E-state index contributed by atoms with van der Waals surface area (Å²) in [6.45, 7) is 0. The zero-order valence-electron chi connectivity index (χ0n) is 10.4. The highest BCUT2D eigenvalue weighted by molar-refractivity contribution is 7.99. The van der Waals surface area contributed by atoms with Gasteiger partial charge in [0.2, 0.25) is 0 Å². The maximum atomic E-state index is 12.1. The van der Waals surface area contributed by atoms with Crippen LogP contribution in [0.1, 0.15) is 20.7 Å². The number of nitrogens with zero attached hydrogens (tertiary/aromatic N) is 2. The lowest BCUT2D eigenvalue weighted by Gasteiger charge is -2.12. The van der Waals surface area contributed by atoms with Crippen molar-refractivity contribution in [3.05, 3.63) is 53.7 Å². The number of benzene rings is 1. The van der Waals surface area contributed by atoms with Crippen molar-refractivity contribution in [2.45, 2.75) is 5.03 Å². The van der Waals surface area contributed by atoms with E-state index in [9.17, 15) is 9.59 Å². The number of hydrogen-bond acceptors (Lipinski definition) is 5. The maximum absolute atomic E-state index is 12.1. The number of carbonyl (C=O) groups excluding carboxylic acids is 2. The molecule has 0 atom stereocenters. The van der Waals surface area contributed by atoms with Gasteiger partial charge < -0.3 is 5.73 Å². The van der Waals surface area contributed by atoms with Gasteiger partial charge in [-0.25, -0.2) is 4.98 Å². The Hall–Kier alpha value is -2.34. The molecular formula is C14H11N3O2S. The number of thioether (sulfide) groups is 1. The summed E-state index contributed by atoms with van der Waals surface area (Å²) in [6.07, 6.45) is 1.55. The summed E-state index contributed by atoms with van der Waals surface area (Å²) in [5.41, 5.74) is 7.06. The van der Waals surface area contributed by atoms with Crippen molar-refractivity contribution in [3.63, 3.8) is 0 Å². The van der Waals surface area contributed by atoms with Crippen LogP contribution in [0.3, 0.4) is 0 Å². The van der Waals surface area contributed by atoms with Crippen LogP contribution in [0.25, 0.3) is 0 Å². The molecular weight excluding hydrogens is 274 g/mol. The zero-order chi connectivity index (χ0) is 14.1. The van der Waals surface area contributed by atoms with Crippen LogP contribution in [0.5, 0.6) is 0 Å². The van der Waals surface area contributed by atoms with Crippen LogP contribution in [-0.2, 0) is 0 Å². The SMILES string of the molecule is Nc1ccc(SCN2C(=O)c3ccccc3C2=O)nc1. The standard InChI is InChI=1S/C14H11N3O2S/c15-9-5-6-12(16-7-9)20-8-17-13(18)10-3-1-2-4-11(10)14(17)19/h1-7H,8,15H2. The lowest BCUT2D eigenvalue weighted by atomic mass is 10.1. The van der Waals surface area contributed by atoms with Gasteiger partial charge in [0.25, 0.3) is 11.8 Å². The van der Waals surface area contributed by atoms with Gasteiger partial charge in [-0.2, -0.15) is 0 Å². The lowest BCUT2D eigenvalue weighted by molar-refractivity contribution is 0.0684. The Kier molecular flexibility index (Phi) is 3.15. The summed E-state index contributed by atoms with van der Waals surface area (Å²) >= 11 is 1.32.